The minimum Gasteiger partial charge on any atom is -0.341 e. The maximum absolute atomic E-state index is 13.5. The molecule has 0 N–H and O–H groups in total. The van der Waals surface area contributed by atoms with Crippen molar-refractivity contribution in [3.8, 4) is 0 Å². The zero-order valence-electron chi connectivity index (χ0n) is 11.1. The molecule has 1 aromatic rings. The molecule has 1 fully saturated rings. The molecule has 20 heavy (non-hydrogen) atoms. The van der Waals surface area contributed by atoms with Gasteiger partial charge in [-0.1, -0.05) is 0 Å². The molecule has 1 aromatic heterocycles. The van der Waals surface area contributed by atoms with Crippen LogP contribution >= 0.6 is 0 Å². The van der Waals surface area contributed by atoms with Gasteiger partial charge in [0.25, 0.3) is 5.91 Å². The lowest BCUT2D eigenvalue weighted by Gasteiger charge is -2.21. The van der Waals surface area contributed by atoms with E-state index in [9.17, 15) is 18.4 Å². The van der Waals surface area contributed by atoms with Crippen molar-refractivity contribution in [2.75, 3.05) is 26.7 Å². The molecular weight excluding hydrogens is 268 g/mol. The van der Waals surface area contributed by atoms with Crippen LogP contribution in [-0.4, -0.2) is 53.3 Å². The van der Waals surface area contributed by atoms with Crippen molar-refractivity contribution in [3.63, 3.8) is 0 Å². The number of nitrogens with zero attached hydrogens (tertiary/aromatic N) is 3. The summed E-state index contributed by atoms with van der Waals surface area (Å²) < 4.78 is 26.4. The number of hydrogen-bond acceptors (Lipinski definition) is 3. The second kappa shape index (κ2) is 5.94. The predicted octanol–water partition coefficient (Wildman–Crippen LogP) is 1.05. The van der Waals surface area contributed by atoms with Gasteiger partial charge in [-0.15, -0.1) is 0 Å². The van der Waals surface area contributed by atoms with Gasteiger partial charge in [-0.3, -0.25) is 9.59 Å². The zero-order chi connectivity index (χ0) is 14.7. The lowest BCUT2D eigenvalue weighted by Crippen LogP contribution is -2.40. The molecule has 2 rings (SSSR count). The van der Waals surface area contributed by atoms with E-state index in [0.717, 1.165) is 30.0 Å². The van der Waals surface area contributed by atoms with E-state index < -0.39 is 23.2 Å². The van der Waals surface area contributed by atoms with Gasteiger partial charge in [0.05, 0.1) is 12.1 Å². The molecule has 2 amide bonds. The molecule has 7 heteroatoms. The molecule has 0 aliphatic carbocycles. The van der Waals surface area contributed by atoms with Crippen molar-refractivity contribution in [1.29, 1.82) is 0 Å². The largest absolute Gasteiger partial charge is 0.341 e. The van der Waals surface area contributed by atoms with Crippen molar-refractivity contribution in [2.45, 2.75) is 12.8 Å². The van der Waals surface area contributed by atoms with Crippen molar-refractivity contribution in [3.05, 3.63) is 29.6 Å². The third-order valence-corrected chi connectivity index (χ3v) is 3.25. The van der Waals surface area contributed by atoms with Gasteiger partial charge in [-0.25, -0.2) is 9.37 Å². The van der Waals surface area contributed by atoms with Gasteiger partial charge in [-0.05, 0) is 18.9 Å². The molecule has 1 aliphatic rings. The van der Waals surface area contributed by atoms with E-state index in [0.29, 0.717) is 13.1 Å². The SMILES string of the molecule is CN(CC(=O)N1CCCC1)C(=O)c1ccnc(F)c1F. The van der Waals surface area contributed by atoms with Gasteiger partial charge >= 0.3 is 0 Å². The van der Waals surface area contributed by atoms with Gasteiger partial charge in [0.2, 0.25) is 11.9 Å². The summed E-state index contributed by atoms with van der Waals surface area (Å²) in [6, 6.07) is 1.09. The normalized spacial score (nSPS) is 14.4. The zero-order valence-corrected chi connectivity index (χ0v) is 11.1. The van der Waals surface area contributed by atoms with Crippen LogP contribution in [0.3, 0.4) is 0 Å². The van der Waals surface area contributed by atoms with Gasteiger partial charge in [0, 0.05) is 26.3 Å². The Labute approximate surface area is 115 Å². The van der Waals surface area contributed by atoms with Gasteiger partial charge in [-0.2, -0.15) is 4.39 Å². The third kappa shape index (κ3) is 2.92. The number of amides is 2. The Kier molecular flexibility index (Phi) is 4.26. The highest BCUT2D eigenvalue weighted by atomic mass is 19.2. The van der Waals surface area contributed by atoms with E-state index in [1.165, 1.54) is 7.05 Å². The summed E-state index contributed by atoms with van der Waals surface area (Å²) in [5.74, 6) is -3.54. The first-order valence-corrected chi connectivity index (χ1v) is 6.34. The Balaban J connectivity index is 2.04. The summed E-state index contributed by atoms with van der Waals surface area (Å²) in [5, 5.41) is 0. The van der Waals surface area contributed by atoms with E-state index in [1.54, 1.807) is 4.90 Å². The van der Waals surface area contributed by atoms with Crippen molar-refractivity contribution >= 4 is 11.8 Å². The summed E-state index contributed by atoms with van der Waals surface area (Å²) >= 11 is 0. The highest BCUT2D eigenvalue weighted by Crippen LogP contribution is 2.12. The number of carbonyl (C=O) groups is 2. The monoisotopic (exact) mass is 283 g/mol. The molecule has 108 valence electrons. The summed E-state index contributed by atoms with van der Waals surface area (Å²) in [6.45, 7) is 1.21. The summed E-state index contributed by atoms with van der Waals surface area (Å²) in [5.41, 5.74) is -0.422. The van der Waals surface area contributed by atoms with Gasteiger partial charge in [0.1, 0.15) is 0 Å². The quantitative estimate of drug-likeness (QED) is 0.779. The smallest absolute Gasteiger partial charge is 0.257 e. The van der Waals surface area contributed by atoms with Crippen LogP contribution in [-0.2, 0) is 4.79 Å². The van der Waals surface area contributed by atoms with Crippen LogP contribution in [0.1, 0.15) is 23.2 Å². The highest BCUT2D eigenvalue weighted by molar-refractivity contribution is 5.96. The fraction of sp³-hybridized carbons (Fsp3) is 0.462. The van der Waals surface area contributed by atoms with Crippen LogP contribution < -0.4 is 0 Å². The molecule has 2 heterocycles. The lowest BCUT2D eigenvalue weighted by molar-refractivity contribution is -0.130. The second-order valence-corrected chi connectivity index (χ2v) is 4.71. The lowest BCUT2D eigenvalue weighted by atomic mass is 10.2. The number of pyridine rings is 1. The summed E-state index contributed by atoms with van der Waals surface area (Å²) in [4.78, 5) is 29.7. The molecule has 0 unspecified atom stereocenters. The highest BCUT2D eigenvalue weighted by Gasteiger charge is 2.24. The second-order valence-electron chi connectivity index (χ2n) is 4.71. The maximum Gasteiger partial charge on any atom is 0.257 e. The Hall–Kier alpha value is -2.05. The van der Waals surface area contributed by atoms with E-state index in [2.05, 4.69) is 4.98 Å². The molecule has 0 bridgehead atoms. The number of hydrogen-bond donors (Lipinski definition) is 0. The summed E-state index contributed by atoms with van der Waals surface area (Å²) in [7, 11) is 1.38. The molecular formula is C13H15F2N3O2. The average Bonchev–Trinajstić information content (AvgIpc) is 2.95. The molecule has 1 saturated heterocycles. The first kappa shape index (κ1) is 14.4. The number of halogens is 2. The Morgan fingerprint density at radius 1 is 1.35 bits per heavy atom. The van der Waals surface area contributed by atoms with Crippen molar-refractivity contribution in [2.24, 2.45) is 0 Å². The minimum absolute atomic E-state index is 0.151. The predicted molar refractivity (Wildman–Crippen MR) is 66.9 cm³/mol. The Morgan fingerprint density at radius 3 is 2.65 bits per heavy atom. The number of likely N-dealkylation sites (tertiary alicyclic amines) is 1. The van der Waals surface area contributed by atoms with Crippen LogP contribution in [0.2, 0.25) is 0 Å². The molecule has 0 spiro atoms. The number of aromatic nitrogens is 1. The summed E-state index contributed by atoms with van der Waals surface area (Å²) in [6.07, 6.45) is 2.92. The van der Waals surface area contributed by atoms with E-state index in [4.69, 9.17) is 0 Å². The Morgan fingerprint density at radius 2 is 2.00 bits per heavy atom. The van der Waals surface area contributed by atoms with Crippen LogP contribution in [0.5, 0.6) is 0 Å². The van der Waals surface area contributed by atoms with E-state index in [1.807, 2.05) is 0 Å². The van der Waals surface area contributed by atoms with E-state index in [-0.39, 0.29) is 12.5 Å². The first-order valence-electron chi connectivity index (χ1n) is 6.34. The van der Waals surface area contributed by atoms with Gasteiger partial charge < -0.3 is 9.80 Å². The topological polar surface area (TPSA) is 53.5 Å². The fourth-order valence-electron chi connectivity index (χ4n) is 2.13. The van der Waals surface area contributed by atoms with Crippen LogP contribution in [0, 0.1) is 11.8 Å². The van der Waals surface area contributed by atoms with Crippen LogP contribution in [0.15, 0.2) is 12.3 Å². The fourth-order valence-corrected chi connectivity index (χ4v) is 2.13. The molecule has 0 aromatic carbocycles. The average molecular weight is 283 g/mol. The first-order chi connectivity index (χ1) is 9.50. The van der Waals surface area contributed by atoms with Crippen molar-refractivity contribution in [1.82, 2.24) is 14.8 Å². The molecule has 0 atom stereocenters. The van der Waals surface area contributed by atoms with Crippen molar-refractivity contribution < 1.29 is 18.4 Å². The number of rotatable bonds is 3. The molecule has 1 aliphatic heterocycles. The maximum atomic E-state index is 13.5. The standard InChI is InChI=1S/C13H15F2N3O2/c1-17(8-10(19)18-6-2-3-7-18)13(20)9-4-5-16-12(15)11(9)14/h4-5H,2-3,6-8H2,1H3. The Bertz CT molecular complexity index is 530. The van der Waals surface area contributed by atoms with Crippen LogP contribution in [0.25, 0.3) is 0 Å². The van der Waals surface area contributed by atoms with Gasteiger partial charge in [0.15, 0.2) is 5.82 Å². The minimum atomic E-state index is -1.32. The molecule has 0 radical (unpaired) electrons. The third-order valence-electron chi connectivity index (χ3n) is 3.25. The molecule has 5 nitrogen and oxygen atoms in total. The number of carbonyl (C=O) groups excluding carboxylic acids is 2. The molecule has 0 saturated carbocycles. The van der Waals surface area contributed by atoms with Crippen LogP contribution in [0.4, 0.5) is 8.78 Å². The number of likely N-dealkylation sites (N-methyl/N-ethyl adjacent to an activating group) is 1. The van der Waals surface area contributed by atoms with E-state index >= 15 is 0 Å².